The van der Waals surface area contributed by atoms with E-state index in [1.54, 1.807) is 18.9 Å². The summed E-state index contributed by atoms with van der Waals surface area (Å²) in [4.78, 5) is 27.7. The van der Waals surface area contributed by atoms with Crippen LogP contribution in [0.1, 0.15) is 23.1 Å². The Balaban J connectivity index is 0.00000588. The lowest BCUT2D eigenvalue weighted by atomic mass is 9.97. The molecule has 3 rings (SSSR count). The molecule has 0 spiro atoms. The number of nitrogens with one attached hydrogen (secondary N) is 1. The van der Waals surface area contributed by atoms with Gasteiger partial charge in [0, 0.05) is 13.1 Å². The average Bonchev–Trinajstić information content (AvgIpc) is 2.98. The van der Waals surface area contributed by atoms with Crippen molar-refractivity contribution in [1.82, 2.24) is 10.2 Å². The fraction of sp³-hybridized carbons (Fsp3) is 0.355. The standard InChI is InChI=1S/C31H39N3O5S.ClH/c1-38-26-15-9-14-25(18-26)20-33-21-29(35)28(19-23-10-5-3-6-11-23)34(27(30(32)36)16-17-40-2)31(37)39-22-24-12-7-4-8-13-24;/h3-15,18,27-29,33,35H,16-17,19-22H2,1-2H3,(H2,32,36);1H/t27?,28-,29+;/m0./s1. The number of thioether (sulfide) groups is 1. The number of primary amides is 1. The van der Waals surface area contributed by atoms with E-state index in [1.807, 2.05) is 91.2 Å². The van der Waals surface area contributed by atoms with Crippen molar-refractivity contribution in [2.75, 3.05) is 25.7 Å². The number of rotatable bonds is 16. The van der Waals surface area contributed by atoms with Crippen molar-refractivity contribution < 1.29 is 24.2 Å². The Bertz CT molecular complexity index is 1190. The summed E-state index contributed by atoms with van der Waals surface area (Å²) < 4.78 is 11.0. The van der Waals surface area contributed by atoms with Crippen LogP contribution in [0.25, 0.3) is 0 Å². The van der Waals surface area contributed by atoms with Gasteiger partial charge in [-0.15, -0.1) is 12.4 Å². The number of carbonyl (C=O) groups is 2. The Morgan fingerprint density at radius 1 is 0.976 bits per heavy atom. The first kappa shape index (κ1) is 34.0. The largest absolute Gasteiger partial charge is 0.497 e. The number of hydrogen-bond donors (Lipinski definition) is 3. The Morgan fingerprint density at radius 3 is 2.22 bits per heavy atom. The van der Waals surface area contributed by atoms with Crippen LogP contribution >= 0.6 is 24.2 Å². The maximum atomic E-state index is 13.7. The molecule has 3 aromatic rings. The third-order valence-electron chi connectivity index (χ3n) is 6.58. The third-order valence-corrected chi connectivity index (χ3v) is 7.23. The molecule has 0 aliphatic heterocycles. The van der Waals surface area contributed by atoms with Crippen LogP contribution in [0.3, 0.4) is 0 Å². The van der Waals surface area contributed by atoms with Gasteiger partial charge in [-0.25, -0.2) is 4.79 Å². The fourth-order valence-corrected chi connectivity index (χ4v) is 4.95. The van der Waals surface area contributed by atoms with E-state index in [4.69, 9.17) is 15.2 Å². The van der Waals surface area contributed by atoms with Crippen LogP contribution in [0.5, 0.6) is 5.75 Å². The number of halogens is 1. The van der Waals surface area contributed by atoms with Crippen LogP contribution in [-0.4, -0.2) is 65.9 Å². The molecule has 10 heteroatoms. The second-order valence-corrected chi connectivity index (χ2v) is 10.4. The first-order chi connectivity index (χ1) is 19.4. The molecule has 3 atom stereocenters. The minimum Gasteiger partial charge on any atom is -0.497 e. The highest BCUT2D eigenvalue weighted by molar-refractivity contribution is 7.98. The van der Waals surface area contributed by atoms with Crippen LogP contribution in [0.15, 0.2) is 84.9 Å². The van der Waals surface area contributed by atoms with Crippen molar-refractivity contribution >= 4 is 36.2 Å². The van der Waals surface area contributed by atoms with Gasteiger partial charge in [-0.1, -0.05) is 72.8 Å². The van der Waals surface area contributed by atoms with Gasteiger partial charge in [0.1, 0.15) is 18.4 Å². The van der Waals surface area contributed by atoms with E-state index >= 15 is 0 Å². The Morgan fingerprint density at radius 2 is 1.61 bits per heavy atom. The number of nitrogens with zero attached hydrogens (tertiary/aromatic N) is 1. The van der Waals surface area contributed by atoms with Crippen LogP contribution in [0.4, 0.5) is 4.79 Å². The van der Waals surface area contributed by atoms with E-state index in [1.165, 1.54) is 4.90 Å². The smallest absolute Gasteiger partial charge is 0.411 e. The van der Waals surface area contributed by atoms with Crippen LogP contribution in [0.2, 0.25) is 0 Å². The number of carbonyl (C=O) groups excluding carboxylic acids is 2. The zero-order valence-corrected chi connectivity index (χ0v) is 25.1. The first-order valence-electron chi connectivity index (χ1n) is 13.3. The number of aliphatic hydroxyl groups excluding tert-OH is 1. The van der Waals surface area contributed by atoms with Gasteiger partial charge < -0.3 is 25.6 Å². The van der Waals surface area contributed by atoms with Gasteiger partial charge in [0.25, 0.3) is 0 Å². The highest BCUT2D eigenvalue weighted by Gasteiger charge is 2.38. The van der Waals surface area contributed by atoms with Gasteiger partial charge in [0.15, 0.2) is 0 Å². The van der Waals surface area contributed by atoms with E-state index in [0.29, 0.717) is 25.1 Å². The number of benzene rings is 3. The molecule has 2 amide bonds. The SMILES string of the molecule is COc1cccc(CNC[C@@H](O)[C@H](Cc2ccccc2)N(C(=O)OCc2ccccc2)C(CCSC)C(N)=O)c1.Cl. The lowest BCUT2D eigenvalue weighted by Gasteiger charge is -2.38. The molecular weight excluding hydrogens is 562 g/mol. The van der Waals surface area contributed by atoms with E-state index in [-0.39, 0.29) is 25.6 Å². The maximum Gasteiger partial charge on any atom is 0.411 e. The number of hydrogen-bond acceptors (Lipinski definition) is 7. The van der Waals surface area contributed by atoms with Crippen LogP contribution in [0, 0.1) is 0 Å². The summed E-state index contributed by atoms with van der Waals surface area (Å²) in [5, 5.41) is 14.8. The van der Waals surface area contributed by atoms with Crippen LogP contribution in [-0.2, 0) is 29.1 Å². The molecule has 0 aromatic heterocycles. The predicted molar refractivity (Wildman–Crippen MR) is 166 cm³/mol. The highest BCUT2D eigenvalue weighted by atomic mass is 35.5. The molecule has 8 nitrogen and oxygen atoms in total. The van der Waals surface area contributed by atoms with E-state index < -0.39 is 30.2 Å². The zero-order chi connectivity index (χ0) is 28.7. The molecule has 41 heavy (non-hydrogen) atoms. The Kier molecular flexibility index (Phi) is 15.1. The highest BCUT2D eigenvalue weighted by Crippen LogP contribution is 2.21. The Labute approximate surface area is 253 Å². The van der Waals surface area contributed by atoms with Gasteiger partial charge >= 0.3 is 6.09 Å². The molecule has 0 aliphatic rings. The molecule has 4 N–H and O–H groups in total. The molecular formula is C31H40ClN3O5S. The first-order valence-corrected chi connectivity index (χ1v) is 14.6. The molecule has 0 saturated heterocycles. The van der Waals surface area contributed by atoms with Crippen LogP contribution < -0.4 is 15.8 Å². The van der Waals surface area contributed by atoms with Crippen molar-refractivity contribution in [3.63, 3.8) is 0 Å². The van der Waals surface area contributed by atoms with Gasteiger partial charge in [0.05, 0.1) is 19.3 Å². The topological polar surface area (TPSA) is 114 Å². The van der Waals surface area contributed by atoms with Crippen molar-refractivity contribution in [2.24, 2.45) is 5.73 Å². The van der Waals surface area contributed by atoms with Gasteiger partial charge in [0.2, 0.25) is 5.91 Å². The third kappa shape index (κ3) is 10.9. The second kappa shape index (κ2) is 18.2. The number of aliphatic hydroxyl groups is 1. The number of nitrogens with two attached hydrogens (primary N) is 1. The van der Waals surface area contributed by atoms with E-state index in [2.05, 4.69) is 5.32 Å². The average molecular weight is 602 g/mol. The quantitative estimate of drug-likeness (QED) is 0.223. The molecule has 0 fully saturated rings. The van der Waals surface area contributed by atoms with Gasteiger partial charge in [-0.05, 0) is 53.7 Å². The molecule has 0 saturated carbocycles. The molecule has 0 heterocycles. The normalized spacial score (nSPS) is 12.9. The summed E-state index contributed by atoms with van der Waals surface area (Å²) in [5.74, 6) is 0.714. The summed E-state index contributed by atoms with van der Waals surface area (Å²) in [5.41, 5.74) is 8.56. The molecule has 0 radical (unpaired) electrons. The number of amides is 2. The second-order valence-electron chi connectivity index (χ2n) is 9.45. The van der Waals surface area contributed by atoms with Crippen molar-refractivity contribution in [1.29, 1.82) is 0 Å². The summed E-state index contributed by atoms with van der Waals surface area (Å²) >= 11 is 1.55. The lowest BCUT2D eigenvalue weighted by Crippen LogP contribution is -2.59. The van der Waals surface area contributed by atoms with Gasteiger partial charge in [-0.3, -0.25) is 9.69 Å². The lowest BCUT2D eigenvalue weighted by molar-refractivity contribution is -0.124. The minimum atomic E-state index is -1.02. The van der Waals surface area contributed by atoms with Crippen molar-refractivity contribution in [3.8, 4) is 5.75 Å². The monoisotopic (exact) mass is 601 g/mol. The van der Waals surface area contributed by atoms with Gasteiger partial charge in [-0.2, -0.15) is 11.8 Å². The number of ether oxygens (including phenoxy) is 2. The van der Waals surface area contributed by atoms with E-state index in [9.17, 15) is 14.7 Å². The molecule has 0 bridgehead atoms. The molecule has 3 aromatic carbocycles. The van der Waals surface area contributed by atoms with E-state index in [0.717, 1.165) is 22.4 Å². The maximum absolute atomic E-state index is 13.7. The summed E-state index contributed by atoms with van der Waals surface area (Å²) in [6.07, 6.45) is 0.862. The summed E-state index contributed by atoms with van der Waals surface area (Å²) in [6.45, 7) is 0.689. The Hall–Kier alpha value is -3.24. The summed E-state index contributed by atoms with van der Waals surface area (Å²) in [7, 11) is 1.61. The fourth-order valence-electron chi connectivity index (χ4n) is 4.49. The number of methoxy groups -OCH3 is 1. The molecule has 0 aliphatic carbocycles. The van der Waals surface area contributed by atoms with Crippen molar-refractivity contribution in [2.45, 2.75) is 44.2 Å². The van der Waals surface area contributed by atoms with Crippen molar-refractivity contribution in [3.05, 3.63) is 102 Å². The molecule has 222 valence electrons. The predicted octanol–water partition coefficient (Wildman–Crippen LogP) is 4.42. The molecule has 1 unspecified atom stereocenters. The summed E-state index contributed by atoms with van der Waals surface area (Å²) in [6, 6.07) is 24.8. The zero-order valence-electron chi connectivity index (χ0n) is 23.5. The minimum absolute atomic E-state index is 0.